The molecular formula is C12H18ClNS. The Hall–Kier alpha value is -0.0500. The molecule has 1 unspecified atom stereocenters. The van der Waals surface area contributed by atoms with Crippen molar-refractivity contribution < 1.29 is 0 Å². The summed E-state index contributed by atoms with van der Waals surface area (Å²) in [7, 11) is 0. The van der Waals surface area contributed by atoms with E-state index < -0.39 is 0 Å². The van der Waals surface area contributed by atoms with Crippen molar-refractivity contribution in [2.24, 2.45) is 17.6 Å². The highest BCUT2D eigenvalue weighted by molar-refractivity contribution is 7.16. The number of hydrogen-bond acceptors (Lipinski definition) is 2. The maximum absolute atomic E-state index is 6.28. The first-order valence-corrected chi connectivity index (χ1v) is 6.87. The van der Waals surface area contributed by atoms with Crippen molar-refractivity contribution in [2.45, 2.75) is 38.6 Å². The second kappa shape index (κ2) is 4.86. The van der Waals surface area contributed by atoms with Crippen LogP contribution in [0.4, 0.5) is 0 Å². The van der Waals surface area contributed by atoms with Gasteiger partial charge >= 0.3 is 0 Å². The molecule has 1 fully saturated rings. The van der Waals surface area contributed by atoms with Gasteiger partial charge in [-0.15, -0.1) is 11.3 Å². The Balaban J connectivity index is 1.99. The lowest BCUT2D eigenvalue weighted by Gasteiger charge is -2.30. The molecule has 0 amide bonds. The Morgan fingerprint density at radius 3 is 2.53 bits per heavy atom. The summed E-state index contributed by atoms with van der Waals surface area (Å²) in [5.41, 5.74) is 6.28. The van der Waals surface area contributed by atoms with Crippen LogP contribution in [0.2, 0.25) is 4.34 Å². The van der Waals surface area contributed by atoms with Crippen LogP contribution >= 0.6 is 22.9 Å². The van der Waals surface area contributed by atoms with Gasteiger partial charge in [0.05, 0.1) is 4.34 Å². The van der Waals surface area contributed by atoms with Crippen LogP contribution in [-0.4, -0.2) is 0 Å². The van der Waals surface area contributed by atoms with Gasteiger partial charge in [0.2, 0.25) is 0 Å². The molecule has 0 saturated heterocycles. The van der Waals surface area contributed by atoms with Crippen LogP contribution in [0.15, 0.2) is 12.1 Å². The van der Waals surface area contributed by atoms with E-state index in [0.29, 0.717) is 5.92 Å². The van der Waals surface area contributed by atoms with E-state index in [-0.39, 0.29) is 6.04 Å². The first-order chi connectivity index (χ1) is 7.16. The van der Waals surface area contributed by atoms with Gasteiger partial charge in [0.15, 0.2) is 0 Å². The fourth-order valence-corrected chi connectivity index (χ4v) is 3.54. The zero-order valence-electron chi connectivity index (χ0n) is 9.08. The van der Waals surface area contributed by atoms with E-state index in [2.05, 4.69) is 13.0 Å². The van der Waals surface area contributed by atoms with E-state index in [9.17, 15) is 0 Å². The summed E-state index contributed by atoms with van der Waals surface area (Å²) in [5, 5.41) is 0. The highest BCUT2D eigenvalue weighted by Crippen LogP contribution is 2.38. The molecule has 0 bridgehead atoms. The molecule has 1 aliphatic rings. The van der Waals surface area contributed by atoms with Gasteiger partial charge in [0.1, 0.15) is 0 Å². The number of rotatable bonds is 2. The van der Waals surface area contributed by atoms with Gasteiger partial charge in [-0.1, -0.05) is 31.4 Å². The summed E-state index contributed by atoms with van der Waals surface area (Å²) in [4.78, 5) is 1.25. The number of nitrogens with two attached hydrogens (primary N) is 1. The maximum atomic E-state index is 6.28. The third-order valence-electron chi connectivity index (χ3n) is 3.49. The lowest BCUT2D eigenvalue weighted by molar-refractivity contribution is 0.258. The molecule has 0 aliphatic heterocycles. The van der Waals surface area contributed by atoms with Gasteiger partial charge < -0.3 is 5.73 Å². The number of hydrogen-bond donors (Lipinski definition) is 1. The van der Waals surface area contributed by atoms with Crippen molar-refractivity contribution in [3.63, 3.8) is 0 Å². The summed E-state index contributed by atoms with van der Waals surface area (Å²) >= 11 is 7.56. The quantitative estimate of drug-likeness (QED) is 0.827. The average Bonchev–Trinajstić information content (AvgIpc) is 2.65. The molecule has 1 aromatic heterocycles. The molecule has 84 valence electrons. The molecule has 1 nitrogen and oxygen atoms in total. The van der Waals surface area contributed by atoms with Gasteiger partial charge in [0, 0.05) is 10.9 Å². The van der Waals surface area contributed by atoms with E-state index >= 15 is 0 Å². The highest BCUT2D eigenvalue weighted by Gasteiger charge is 2.25. The van der Waals surface area contributed by atoms with Gasteiger partial charge in [-0.25, -0.2) is 0 Å². The number of halogens is 1. The Kier molecular flexibility index (Phi) is 3.70. The molecule has 15 heavy (non-hydrogen) atoms. The van der Waals surface area contributed by atoms with Crippen LogP contribution in [-0.2, 0) is 0 Å². The molecule has 2 N–H and O–H groups in total. The summed E-state index contributed by atoms with van der Waals surface area (Å²) in [5.74, 6) is 1.55. The molecule has 1 atom stereocenters. The highest BCUT2D eigenvalue weighted by atomic mass is 35.5. The van der Waals surface area contributed by atoms with Crippen molar-refractivity contribution in [2.75, 3.05) is 0 Å². The van der Waals surface area contributed by atoms with E-state index in [1.54, 1.807) is 11.3 Å². The first kappa shape index (κ1) is 11.4. The normalized spacial score (nSPS) is 29.0. The predicted octanol–water partition coefficient (Wildman–Crippen LogP) is 4.23. The van der Waals surface area contributed by atoms with Gasteiger partial charge in [0.25, 0.3) is 0 Å². The predicted molar refractivity (Wildman–Crippen MR) is 67.4 cm³/mol. The molecule has 0 radical (unpaired) electrons. The van der Waals surface area contributed by atoms with Crippen LogP contribution in [0.25, 0.3) is 0 Å². The molecule has 0 spiro atoms. The Labute approximate surface area is 101 Å². The van der Waals surface area contributed by atoms with Crippen LogP contribution in [0, 0.1) is 11.8 Å². The summed E-state index contributed by atoms with van der Waals surface area (Å²) in [6.45, 7) is 2.34. The standard InChI is InChI=1S/C12H18ClNS/c1-8-2-4-9(5-3-8)12(14)10-6-7-11(13)15-10/h6-9,12H,2-5,14H2,1H3. The molecule has 1 saturated carbocycles. The minimum atomic E-state index is 0.204. The molecule has 3 heteroatoms. The first-order valence-electron chi connectivity index (χ1n) is 5.67. The van der Waals surface area contributed by atoms with E-state index in [1.807, 2.05) is 6.07 Å². The minimum Gasteiger partial charge on any atom is -0.323 e. The summed E-state index contributed by atoms with van der Waals surface area (Å²) in [6.07, 6.45) is 5.21. The third kappa shape index (κ3) is 2.74. The molecule has 1 aliphatic carbocycles. The second-order valence-corrected chi connectivity index (χ2v) is 6.43. The smallest absolute Gasteiger partial charge is 0.0931 e. The molecule has 1 aromatic rings. The van der Waals surface area contributed by atoms with Gasteiger partial charge in [-0.3, -0.25) is 0 Å². The molecule has 1 heterocycles. The van der Waals surface area contributed by atoms with E-state index in [0.717, 1.165) is 10.3 Å². The lowest BCUT2D eigenvalue weighted by atomic mass is 9.79. The van der Waals surface area contributed by atoms with Gasteiger partial charge in [-0.2, -0.15) is 0 Å². The topological polar surface area (TPSA) is 26.0 Å². The van der Waals surface area contributed by atoms with Crippen molar-refractivity contribution >= 4 is 22.9 Å². The van der Waals surface area contributed by atoms with Crippen LogP contribution in [0.5, 0.6) is 0 Å². The lowest BCUT2D eigenvalue weighted by Crippen LogP contribution is -2.24. The largest absolute Gasteiger partial charge is 0.323 e. The fourth-order valence-electron chi connectivity index (χ4n) is 2.38. The number of thiophene rings is 1. The summed E-state index contributed by atoms with van der Waals surface area (Å²) in [6, 6.07) is 4.23. The summed E-state index contributed by atoms with van der Waals surface area (Å²) < 4.78 is 0.852. The van der Waals surface area contributed by atoms with E-state index in [1.165, 1.54) is 30.6 Å². The second-order valence-electron chi connectivity index (χ2n) is 4.69. The van der Waals surface area contributed by atoms with Crippen molar-refractivity contribution in [1.82, 2.24) is 0 Å². The SMILES string of the molecule is CC1CCC(C(N)c2ccc(Cl)s2)CC1. The maximum Gasteiger partial charge on any atom is 0.0931 e. The molecule has 2 rings (SSSR count). The zero-order chi connectivity index (χ0) is 10.8. The van der Waals surface area contributed by atoms with Crippen molar-refractivity contribution in [3.05, 3.63) is 21.3 Å². The van der Waals surface area contributed by atoms with Crippen LogP contribution in [0.1, 0.15) is 43.5 Å². The fraction of sp³-hybridized carbons (Fsp3) is 0.667. The van der Waals surface area contributed by atoms with Gasteiger partial charge in [-0.05, 0) is 36.8 Å². The average molecular weight is 244 g/mol. The molecular weight excluding hydrogens is 226 g/mol. The van der Waals surface area contributed by atoms with Crippen molar-refractivity contribution in [1.29, 1.82) is 0 Å². The Morgan fingerprint density at radius 1 is 1.33 bits per heavy atom. The third-order valence-corrected chi connectivity index (χ3v) is 4.82. The molecule has 0 aromatic carbocycles. The van der Waals surface area contributed by atoms with Crippen LogP contribution in [0.3, 0.4) is 0 Å². The zero-order valence-corrected chi connectivity index (χ0v) is 10.7. The Morgan fingerprint density at radius 2 is 2.00 bits per heavy atom. The van der Waals surface area contributed by atoms with Crippen LogP contribution < -0.4 is 5.73 Å². The Bertz CT molecular complexity index is 315. The minimum absolute atomic E-state index is 0.204. The van der Waals surface area contributed by atoms with Crippen molar-refractivity contribution in [3.8, 4) is 0 Å². The van der Waals surface area contributed by atoms with E-state index in [4.69, 9.17) is 17.3 Å². The monoisotopic (exact) mass is 243 g/mol.